The molecule has 9 nitrogen and oxygen atoms in total. The number of aliphatic hydroxyl groups is 1. The van der Waals surface area contributed by atoms with E-state index in [4.69, 9.17) is 4.74 Å². The van der Waals surface area contributed by atoms with Crippen molar-refractivity contribution >= 4 is 29.7 Å². The molecule has 0 aromatic heterocycles. The van der Waals surface area contributed by atoms with E-state index in [0.717, 1.165) is 0 Å². The number of rotatable bonds is 10. The fourth-order valence-corrected chi connectivity index (χ4v) is 3.69. The van der Waals surface area contributed by atoms with Gasteiger partial charge in [-0.25, -0.2) is 4.79 Å². The minimum atomic E-state index is -1.14. The van der Waals surface area contributed by atoms with Crippen LogP contribution in [0.25, 0.3) is 0 Å². The van der Waals surface area contributed by atoms with Gasteiger partial charge >= 0.3 is 6.09 Å². The van der Waals surface area contributed by atoms with E-state index in [1.807, 2.05) is 27.0 Å². The molecule has 4 N–H and O–H groups in total. The number of amides is 3. The van der Waals surface area contributed by atoms with Crippen LogP contribution in [0.5, 0.6) is 5.75 Å². The molecule has 0 aliphatic rings. The van der Waals surface area contributed by atoms with Crippen LogP contribution in [-0.2, 0) is 14.3 Å². The molecule has 1 aromatic carbocycles. The summed E-state index contributed by atoms with van der Waals surface area (Å²) < 4.78 is 5.32. The van der Waals surface area contributed by atoms with Crippen LogP contribution in [0.3, 0.4) is 0 Å². The maximum Gasteiger partial charge on any atom is 0.408 e. The van der Waals surface area contributed by atoms with Gasteiger partial charge in [-0.2, -0.15) is 11.8 Å². The molecule has 0 aliphatic carbocycles. The monoisotopic (exact) mass is 497 g/mol. The van der Waals surface area contributed by atoms with Gasteiger partial charge in [0, 0.05) is 12.1 Å². The second-order valence-corrected chi connectivity index (χ2v) is 11.0. The molecule has 192 valence electrons. The van der Waals surface area contributed by atoms with Crippen molar-refractivity contribution in [3.63, 3.8) is 0 Å². The summed E-state index contributed by atoms with van der Waals surface area (Å²) >= 11 is 1.51. The van der Waals surface area contributed by atoms with Gasteiger partial charge in [-0.05, 0) is 77.7 Å². The maximum absolute atomic E-state index is 13.7. The van der Waals surface area contributed by atoms with Crippen LogP contribution in [0.2, 0.25) is 0 Å². The highest BCUT2D eigenvalue weighted by Gasteiger charge is 2.37. The minimum absolute atomic E-state index is 0.0618. The van der Waals surface area contributed by atoms with Crippen molar-refractivity contribution in [1.82, 2.24) is 15.5 Å². The number of ether oxygens (including phenoxy) is 1. The average molecular weight is 498 g/mol. The number of aliphatic hydroxyl groups excluding tert-OH is 1. The zero-order valence-electron chi connectivity index (χ0n) is 21.2. The van der Waals surface area contributed by atoms with Gasteiger partial charge < -0.3 is 30.5 Å². The van der Waals surface area contributed by atoms with Gasteiger partial charge in [-0.1, -0.05) is 12.1 Å². The molecule has 0 spiro atoms. The van der Waals surface area contributed by atoms with Gasteiger partial charge in [-0.15, -0.1) is 0 Å². The summed E-state index contributed by atoms with van der Waals surface area (Å²) in [6.45, 7) is 10.1. The van der Waals surface area contributed by atoms with Gasteiger partial charge in [0.2, 0.25) is 11.8 Å². The normalized spacial score (nSPS) is 13.5. The fourth-order valence-electron chi connectivity index (χ4n) is 3.22. The van der Waals surface area contributed by atoms with E-state index in [0.29, 0.717) is 17.7 Å². The molecule has 0 fully saturated rings. The molecule has 0 aliphatic heterocycles. The Kier molecular flexibility index (Phi) is 11.2. The first-order valence-corrected chi connectivity index (χ1v) is 12.6. The first-order chi connectivity index (χ1) is 15.7. The summed E-state index contributed by atoms with van der Waals surface area (Å²) in [4.78, 5) is 40.7. The van der Waals surface area contributed by atoms with Crippen molar-refractivity contribution in [3.8, 4) is 5.75 Å². The highest BCUT2D eigenvalue weighted by atomic mass is 32.2. The Morgan fingerprint density at radius 2 is 1.79 bits per heavy atom. The third-order valence-electron chi connectivity index (χ3n) is 4.47. The SMILES string of the molecule is CSCCC(NC(=O)OC(C)(C)C)C(=O)N(CCO)C(C(=O)NC(C)(C)C)c1cccc(O)c1. The number of nitrogens with zero attached hydrogens (tertiary/aromatic N) is 1. The Bertz CT molecular complexity index is 835. The zero-order chi connectivity index (χ0) is 26.1. The van der Waals surface area contributed by atoms with Crippen molar-refractivity contribution in [2.24, 2.45) is 0 Å². The van der Waals surface area contributed by atoms with E-state index < -0.39 is 47.7 Å². The van der Waals surface area contributed by atoms with E-state index in [-0.39, 0.29) is 12.3 Å². The zero-order valence-corrected chi connectivity index (χ0v) is 22.0. The number of benzene rings is 1. The number of phenols is 1. The highest BCUT2D eigenvalue weighted by molar-refractivity contribution is 7.98. The van der Waals surface area contributed by atoms with Crippen molar-refractivity contribution < 1.29 is 29.3 Å². The molecule has 0 radical (unpaired) electrons. The van der Waals surface area contributed by atoms with E-state index in [1.54, 1.807) is 32.9 Å². The fraction of sp³-hybridized carbons (Fsp3) is 0.625. The van der Waals surface area contributed by atoms with E-state index in [2.05, 4.69) is 10.6 Å². The molecular weight excluding hydrogens is 458 g/mol. The van der Waals surface area contributed by atoms with Crippen LogP contribution < -0.4 is 10.6 Å². The van der Waals surface area contributed by atoms with Gasteiger partial charge in [0.1, 0.15) is 23.4 Å². The molecule has 1 rings (SSSR count). The minimum Gasteiger partial charge on any atom is -0.508 e. The summed E-state index contributed by atoms with van der Waals surface area (Å²) in [5.74, 6) is -0.495. The van der Waals surface area contributed by atoms with Gasteiger partial charge in [-0.3, -0.25) is 9.59 Å². The number of alkyl carbamates (subject to hydrolysis) is 1. The Hall–Kier alpha value is -2.46. The highest BCUT2D eigenvalue weighted by Crippen LogP contribution is 2.26. The topological polar surface area (TPSA) is 128 Å². The smallest absolute Gasteiger partial charge is 0.408 e. The Morgan fingerprint density at radius 1 is 1.15 bits per heavy atom. The number of thioether (sulfide) groups is 1. The van der Waals surface area contributed by atoms with Crippen LogP contribution in [0, 0.1) is 0 Å². The van der Waals surface area contributed by atoms with E-state index >= 15 is 0 Å². The van der Waals surface area contributed by atoms with E-state index in [1.165, 1.54) is 28.8 Å². The van der Waals surface area contributed by atoms with E-state index in [9.17, 15) is 24.6 Å². The van der Waals surface area contributed by atoms with Crippen molar-refractivity contribution in [2.45, 2.75) is 71.2 Å². The summed E-state index contributed by atoms with van der Waals surface area (Å²) in [7, 11) is 0. The lowest BCUT2D eigenvalue weighted by atomic mass is 10.00. The standard InChI is InChI=1S/C24H39N3O6S/c1-23(2,3)26-20(30)19(16-9-8-10-17(29)15-16)27(12-13-28)21(31)18(11-14-34-7)25-22(32)33-24(4,5)6/h8-10,15,18-19,28-29H,11-14H2,1-7H3,(H,25,32)(H,26,30). The van der Waals surface area contributed by atoms with Crippen LogP contribution >= 0.6 is 11.8 Å². The molecule has 10 heteroatoms. The molecule has 0 heterocycles. The summed E-state index contributed by atoms with van der Waals surface area (Å²) in [5.41, 5.74) is -0.962. The number of phenolic OH excluding ortho intramolecular Hbond substituents is 1. The second kappa shape index (κ2) is 12.9. The number of hydrogen-bond acceptors (Lipinski definition) is 7. The molecule has 0 saturated heterocycles. The first kappa shape index (κ1) is 29.6. The average Bonchev–Trinajstić information content (AvgIpc) is 2.67. The van der Waals surface area contributed by atoms with Gasteiger partial charge in [0.25, 0.3) is 0 Å². The Labute approximate surface area is 206 Å². The maximum atomic E-state index is 13.7. The number of carbonyl (C=O) groups is 3. The number of carbonyl (C=O) groups excluding carboxylic acids is 3. The van der Waals surface area contributed by atoms with Crippen LogP contribution in [0.1, 0.15) is 59.6 Å². The summed E-state index contributed by atoms with van der Waals surface area (Å²) in [5, 5.41) is 25.3. The number of hydrogen-bond donors (Lipinski definition) is 4. The summed E-state index contributed by atoms with van der Waals surface area (Å²) in [6.07, 6.45) is 1.44. The van der Waals surface area contributed by atoms with Gasteiger partial charge in [0.05, 0.1) is 6.61 Å². The van der Waals surface area contributed by atoms with Crippen LogP contribution in [-0.4, -0.2) is 75.4 Å². The third kappa shape index (κ3) is 10.2. The first-order valence-electron chi connectivity index (χ1n) is 11.2. The largest absolute Gasteiger partial charge is 0.508 e. The molecule has 2 atom stereocenters. The predicted octanol–water partition coefficient (Wildman–Crippen LogP) is 2.82. The van der Waals surface area contributed by atoms with Crippen molar-refractivity contribution in [1.29, 1.82) is 0 Å². The van der Waals surface area contributed by atoms with Crippen LogP contribution in [0.15, 0.2) is 24.3 Å². The van der Waals surface area contributed by atoms with Crippen molar-refractivity contribution in [3.05, 3.63) is 29.8 Å². The Morgan fingerprint density at radius 3 is 2.29 bits per heavy atom. The number of aromatic hydroxyl groups is 1. The van der Waals surface area contributed by atoms with Crippen molar-refractivity contribution in [2.75, 3.05) is 25.2 Å². The quantitative estimate of drug-likeness (QED) is 0.391. The molecule has 3 amide bonds. The van der Waals surface area contributed by atoms with Crippen LogP contribution in [0.4, 0.5) is 4.79 Å². The molecule has 1 aromatic rings. The Balaban J connectivity index is 3.42. The second-order valence-electron chi connectivity index (χ2n) is 9.97. The lowest BCUT2D eigenvalue weighted by Gasteiger charge is -2.35. The molecule has 2 unspecified atom stereocenters. The lowest BCUT2D eigenvalue weighted by Crippen LogP contribution is -2.55. The lowest BCUT2D eigenvalue weighted by molar-refractivity contribution is -0.143. The molecule has 34 heavy (non-hydrogen) atoms. The van der Waals surface area contributed by atoms with Gasteiger partial charge in [0.15, 0.2) is 0 Å². The third-order valence-corrected chi connectivity index (χ3v) is 5.11. The molecular formula is C24H39N3O6S. The predicted molar refractivity (Wildman–Crippen MR) is 134 cm³/mol. The number of nitrogens with one attached hydrogen (secondary N) is 2. The summed E-state index contributed by atoms with van der Waals surface area (Å²) in [6, 6.07) is 3.96. The molecule has 0 bridgehead atoms. The molecule has 0 saturated carbocycles.